The number of rotatable bonds is 7. The number of nitrogen functional groups attached to an aromatic ring is 1. The van der Waals surface area contributed by atoms with Crippen molar-refractivity contribution in [2.75, 3.05) is 12.8 Å². The molecule has 3 heterocycles. The summed E-state index contributed by atoms with van der Waals surface area (Å²) in [6.07, 6.45) is 2.89. The molecule has 1 aliphatic carbocycles. The number of nitrogens with zero attached hydrogens (tertiary/aromatic N) is 4. The first-order chi connectivity index (χ1) is 15.8. The van der Waals surface area contributed by atoms with Gasteiger partial charge in [-0.3, -0.25) is 14.2 Å². The topological polar surface area (TPSA) is 163 Å². The molecule has 2 aliphatic rings. The Kier molecular flexibility index (Phi) is 6.91. The lowest BCUT2D eigenvalue weighted by Crippen LogP contribution is -2.34. The van der Waals surface area contributed by atoms with Crippen LogP contribution in [0, 0.1) is 11.8 Å². The molecule has 33 heavy (non-hydrogen) atoms. The van der Waals surface area contributed by atoms with Crippen LogP contribution in [0.15, 0.2) is 6.33 Å². The van der Waals surface area contributed by atoms with Gasteiger partial charge in [-0.05, 0) is 44.9 Å². The number of aryl methyl sites for hydroxylation is 1. The third kappa shape index (κ3) is 4.71. The van der Waals surface area contributed by atoms with E-state index in [-0.39, 0.29) is 23.5 Å². The van der Waals surface area contributed by atoms with E-state index in [1.165, 1.54) is 24.9 Å². The fourth-order valence-corrected chi connectivity index (χ4v) is 4.91. The smallest absolute Gasteiger partial charge is 0.308 e. The van der Waals surface area contributed by atoms with Gasteiger partial charge >= 0.3 is 5.97 Å². The molecule has 180 valence electrons. The van der Waals surface area contributed by atoms with Crippen LogP contribution in [0.4, 0.5) is 5.82 Å². The Balaban J connectivity index is 1.42. The maximum Gasteiger partial charge on any atom is 0.308 e. The van der Waals surface area contributed by atoms with Crippen molar-refractivity contribution in [2.45, 2.75) is 76.4 Å². The molecule has 2 aromatic heterocycles. The van der Waals surface area contributed by atoms with Crippen LogP contribution in [0.25, 0.3) is 11.2 Å². The van der Waals surface area contributed by atoms with Gasteiger partial charge in [0.1, 0.15) is 29.7 Å². The molecule has 0 spiro atoms. The van der Waals surface area contributed by atoms with Gasteiger partial charge in [0.05, 0.1) is 19.4 Å². The first-order valence-corrected chi connectivity index (χ1v) is 11.4. The molecule has 4 N–H and O–H groups in total. The second-order valence-electron chi connectivity index (χ2n) is 9.02. The molecule has 11 nitrogen and oxygen atoms in total. The van der Waals surface area contributed by atoms with Crippen LogP contribution < -0.4 is 5.73 Å². The number of imidazole rings is 1. The molecular formula is C22H31N5O6. The average molecular weight is 462 g/mol. The lowest BCUT2D eigenvalue weighted by atomic mass is 9.80. The van der Waals surface area contributed by atoms with Crippen molar-refractivity contribution in [2.24, 2.45) is 11.8 Å². The number of carbonyl (C=O) groups is 2. The SMILES string of the molecule is COC(=O)C1CCC(CCCc2nc(N)c3ncn([C@@H]4O[C@H](C(C)=O)[C@H](O)C4O)c3n2)CC1. The molecular weight excluding hydrogens is 430 g/mol. The lowest BCUT2D eigenvalue weighted by Gasteiger charge is -2.26. The molecule has 4 atom stereocenters. The summed E-state index contributed by atoms with van der Waals surface area (Å²) < 4.78 is 12.0. The standard InChI is InChI=1S/C22H31N5O6/c1-11(28)18-16(29)17(30)21(33-18)27-10-24-15-19(23)25-14(26-20(15)27)5-3-4-12-6-8-13(9-7-12)22(31)32-2/h10,12-13,16-18,21,29-30H,3-9H2,1-2H3,(H2,23,25,26)/t12?,13?,16-,17?,18-,21-/m1/s1. The number of esters is 1. The second-order valence-corrected chi connectivity index (χ2v) is 9.02. The van der Waals surface area contributed by atoms with Crippen molar-refractivity contribution in [3.63, 3.8) is 0 Å². The Bertz CT molecular complexity index is 1020. The monoisotopic (exact) mass is 461 g/mol. The molecule has 4 rings (SSSR count). The van der Waals surface area contributed by atoms with Gasteiger partial charge in [0.15, 0.2) is 23.5 Å². The summed E-state index contributed by atoms with van der Waals surface area (Å²) >= 11 is 0. The van der Waals surface area contributed by atoms with E-state index in [1.54, 1.807) is 0 Å². The highest BCUT2D eigenvalue weighted by Gasteiger charge is 2.46. The zero-order chi connectivity index (χ0) is 23.7. The van der Waals surface area contributed by atoms with E-state index in [1.807, 2.05) is 0 Å². The van der Waals surface area contributed by atoms with Gasteiger partial charge in [0.2, 0.25) is 0 Å². The summed E-state index contributed by atoms with van der Waals surface area (Å²) in [6, 6.07) is 0. The summed E-state index contributed by atoms with van der Waals surface area (Å²) in [5.41, 5.74) is 6.86. The molecule has 1 aliphatic heterocycles. The first-order valence-electron chi connectivity index (χ1n) is 11.4. The first kappa shape index (κ1) is 23.5. The minimum atomic E-state index is -1.34. The number of ether oxygens (including phenoxy) is 2. The maximum atomic E-state index is 11.7. The fourth-order valence-electron chi connectivity index (χ4n) is 4.91. The van der Waals surface area contributed by atoms with Gasteiger partial charge < -0.3 is 25.4 Å². The van der Waals surface area contributed by atoms with E-state index in [0.717, 1.165) is 38.5 Å². The van der Waals surface area contributed by atoms with Crippen molar-refractivity contribution in [1.29, 1.82) is 0 Å². The van der Waals surface area contributed by atoms with Crippen LogP contribution in [0.3, 0.4) is 0 Å². The minimum absolute atomic E-state index is 0.0198. The number of hydrogen-bond donors (Lipinski definition) is 3. The van der Waals surface area contributed by atoms with Crippen molar-refractivity contribution in [3.05, 3.63) is 12.2 Å². The van der Waals surface area contributed by atoms with E-state index in [2.05, 4.69) is 15.0 Å². The van der Waals surface area contributed by atoms with Gasteiger partial charge in [0.25, 0.3) is 0 Å². The van der Waals surface area contributed by atoms with Crippen LogP contribution in [0.5, 0.6) is 0 Å². The highest BCUT2D eigenvalue weighted by Crippen LogP contribution is 2.34. The van der Waals surface area contributed by atoms with Crippen LogP contribution in [-0.4, -0.2) is 66.9 Å². The number of fused-ring (bicyclic) bond motifs is 1. The number of hydrogen-bond acceptors (Lipinski definition) is 10. The number of carbonyl (C=O) groups excluding carboxylic acids is 2. The van der Waals surface area contributed by atoms with E-state index >= 15 is 0 Å². The Labute approximate surface area is 191 Å². The summed E-state index contributed by atoms with van der Waals surface area (Å²) in [7, 11) is 1.44. The van der Waals surface area contributed by atoms with Gasteiger partial charge in [-0.2, -0.15) is 0 Å². The molecule has 0 bridgehead atoms. The van der Waals surface area contributed by atoms with Gasteiger partial charge in [-0.15, -0.1) is 0 Å². The third-order valence-corrected chi connectivity index (χ3v) is 6.80. The number of aliphatic hydroxyl groups is 2. The van der Waals surface area contributed by atoms with Gasteiger partial charge in [-0.1, -0.05) is 6.42 Å². The summed E-state index contributed by atoms with van der Waals surface area (Å²) in [6.45, 7) is 1.30. The molecule has 11 heteroatoms. The maximum absolute atomic E-state index is 11.7. The van der Waals surface area contributed by atoms with E-state index in [4.69, 9.17) is 15.2 Å². The number of nitrogens with two attached hydrogens (primary N) is 1. The predicted molar refractivity (Wildman–Crippen MR) is 117 cm³/mol. The van der Waals surface area contributed by atoms with E-state index in [9.17, 15) is 19.8 Å². The van der Waals surface area contributed by atoms with Crippen LogP contribution >= 0.6 is 0 Å². The van der Waals surface area contributed by atoms with Crippen LogP contribution in [0.2, 0.25) is 0 Å². The lowest BCUT2D eigenvalue weighted by molar-refractivity contribution is -0.146. The summed E-state index contributed by atoms with van der Waals surface area (Å²) in [4.78, 5) is 36.6. The molecule has 1 unspecified atom stereocenters. The van der Waals surface area contributed by atoms with Gasteiger partial charge in [-0.25, -0.2) is 15.0 Å². The molecule has 1 saturated heterocycles. The summed E-state index contributed by atoms with van der Waals surface area (Å²) in [5, 5.41) is 20.6. The molecule has 0 amide bonds. The van der Waals surface area contributed by atoms with E-state index in [0.29, 0.717) is 29.3 Å². The van der Waals surface area contributed by atoms with Crippen LogP contribution in [-0.2, 0) is 25.5 Å². The van der Waals surface area contributed by atoms with Crippen molar-refractivity contribution >= 4 is 28.7 Å². The van der Waals surface area contributed by atoms with E-state index < -0.39 is 24.5 Å². The number of anilines is 1. The molecule has 2 aromatic rings. The number of ketones is 1. The summed E-state index contributed by atoms with van der Waals surface area (Å²) in [5.74, 6) is 0.880. The zero-order valence-electron chi connectivity index (χ0n) is 18.9. The van der Waals surface area contributed by atoms with Gasteiger partial charge in [0, 0.05) is 6.42 Å². The fraction of sp³-hybridized carbons (Fsp3) is 0.682. The third-order valence-electron chi connectivity index (χ3n) is 6.80. The van der Waals surface area contributed by atoms with Crippen molar-refractivity contribution in [3.8, 4) is 0 Å². The number of aromatic nitrogens is 4. The Hall–Kier alpha value is -2.63. The minimum Gasteiger partial charge on any atom is -0.469 e. The predicted octanol–water partition coefficient (Wildman–Crippen LogP) is 0.919. The molecule has 0 radical (unpaired) electrons. The zero-order valence-corrected chi connectivity index (χ0v) is 18.9. The van der Waals surface area contributed by atoms with Crippen molar-refractivity contribution in [1.82, 2.24) is 19.5 Å². The second kappa shape index (κ2) is 9.70. The average Bonchev–Trinajstić information content (AvgIpc) is 3.35. The number of Topliss-reactive ketones (excluding diaryl/α,β-unsaturated/α-hetero) is 1. The Morgan fingerprint density at radius 1 is 1.21 bits per heavy atom. The highest BCUT2D eigenvalue weighted by molar-refractivity contribution is 5.82. The number of aliphatic hydroxyl groups excluding tert-OH is 2. The molecule has 2 fully saturated rings. The quantitative estimate of drug-likeness (QED) is 0.505. The Morgan fingerprint density at radius 2 is 1.94 bits per heavy atom. The van der Waals surface area contributed by atoms with Crippen LogP contribution in [0.1, 0.15) is 57.5 Å². The molecule has 0 aromatic carbocycles. The largest absolute Gasteiger partial charge is 0.469 e. The molecule has 1 saturated carbocycles. The van der Waals surface area contributed by atoms with Crippen molar-refractivity contribution < 1.29 is 29.3 Å². The Morgan fingerprint density at radius 3 is 2.58 bits per heavy atom. The normalized spacial score (nSPS) is 29.9. The highest BCUT2D eigenvalue weighted by atomic mass is 16.6. The number of methoxy groups -OCH3 is 1.